The highest BCUT2D eigenvalue weighted by atomic mass is 35.5. The van der Waals surface area contributed by atoms with Crippen molar-refractivity contribution in [3.63, 3.8) is 0 Å². The van der Waals surface area contributed by atoms with Gasteiger partial charge in [-0.2, -0.15) is 0 Å². The first kappa shape index (κ1) is 14.8. The van der Waals surface area contributed by atoms with Crippen molar-refractivity contribution >= 4 is 11.6 Å². The average molecular weight is 291 g/mol. The molecule has 1 aromatic carbocycles. The van der Waals surface area contributed by atoms with E-state index in [1.54, 1.807) is 6.20 Å². The Morgan fingerprint density at radius 1 is 1.20 bits per heavy atom. The van der Waals surface area contributed by atoms with E-state index in [0.717, 1.165) is 36.5 Å². The minimum absolute atomic E-state index is 0.663. The summed E-state index contributed by atoms with van der Waals surface area (Å²) in [5.74, 6) is 0.752. The Morgan fingerprint density at radius 2 is 2.10 bits per heavy atom. The Morgan fingerprint density at radius 3 is 2.80 bits per heavy atom. The zero-order valence-corrected chi connectivity index (χ0v) is 12.4. The number of nitrogens with zero attached hydrogens (tertiary/aromatic N) is 1. The summed E-state index contributed by atoms with van der Waals surface area (Å²) < 4.78 is 5.55. The van der Waals surface area contributed by atoms with E-state index >= 15 is 0 Å². The molecule has 0 saturated carbocycles. The number of aromatic nitrogens is 1. The zero-order chi connectivity index (χ0) is 14.2. The Bertz CT molecular complexity index is 531. The molecule has 1 aromatic heterocycles. The minimum atomic E-state index is 0.663. The van der Waals surface area contributed by atoms with E-state index in [1.165, 1.54) is 0 Å². The lowest BCUT2D eigenvalue weighted by Gasteiger charge is -2.09. The van der Waals surface area contributed by atoms with E-state index in [9.17, 15) is 0 Å². The van der Waals surface area contributed by atoms with Crippen LogP contribution >= 0.6 is 11.6 Å². The van der Waals surface area contributed by atoms with Gasteiger partial charge in [0.2, 0.25) is 0 Å². The fraction of sp³-hybridized carbons (Fsp3) is 0.312. The molecule has 0 amide bonds. The second-order valence-electron chi connectivity index (χ2n) is 4.54. The van der Waals surface area contributed by atoms with E-state index in [-0.39, 0.29) is 0 Å². The van der Waals surface area contributed by atoms with Gasteiger partial charge in [0.15, 0.2) is 0 Å². The molecule has 0 unspecified atom stereocenters. The van der Waals surface area contributed by atoms with Crippen LogP contribution in [0.5, 0.6) is 5.75 Å². The van der Waals surface area contributed by atoms with Crippen molar-refractivity contribution in [2.24, 2.45) is 0 Å². The third kappa shape index (κ3) is 4.51. The molecule has 106 valence electrons. The molecule has 3 nitrogen and oxygen atoms in total. The Hall–Kier alpha value is -1.58. The van der Waals surface area contributed by atoms with Gasteiger partial charge in [-0.1, -0.05) is 30.7 Å². The summed E-state index contributed by atoms with van der Waals surface area (Å²) in [6, 6.07) is 11.8. The Balaban J connectivity index is 1.85. The van der Waals surface area contributed by atoms with Gasteiger partial charge in [-0.05, 0) is 36.2 Å². The molecule has 0 fully saturated rings. The number of ether oxygens (including phenoxy) is 1. The molecule has 0 aliphatic heterocycles. The van der Waals surface area contributed by atoms with Crippen molar-refractivity contribution in [1.29, 1.82) is 0 Å². The van der Waals surface area contributed by atoms with Crippen LogP contribution in [0.15, 0.2) is 42.6 Å². The lowest BCUT2D eigenvalue weighted by molar-refractivity contribution is 0.317. The SMILES string of the molecule is CCCOc1ccc(CNCc2ccccn2)cc1Cl. The van der Waals surface area contributed by atoms with E-state index in [2.05, 4.69) is 17.2 Å². The third-order valence-corrected chi connectivity index (χ3v) is 3.11. The van der Waals surface area contributed by atoms with Crippen molar-refractivity contribution < 1.29 is 4.74 Å². The fourth-order valence-electron chi connectivity index (χ4n) is 1.82. The van der Waals surface area contributed by atoms with Crippen LogP contribution < -0.4 is 10.1 Å². The van der Waals surface area contributed by atoms with Gasteiger partial charge in [-0.3, -0.25) is 4.98 Å². The first-order valence-electron chi connectivity index (χ1n) is 6.81. The quantitative estimate of drug-likeness (QED) is 0.842. The molecule has 0 saturated heterocycles. The number of nitrogens with one attached hydrogen (secondary N) is 1. The molecule has 0 bridgehead atoms. The topological polar surface area (TPSA) is 34.1 Å². The van der Waals surface area contributed by atoms with Gasteiger partial charge in [-0.15, -0.1) is 0 Å². The molecule has 1 N–H and O–H groups in total. The maximum absolute atomic E-state index is 6.20. The van der Waals surface area contributed by atoms with Crippen LogP contribution in [0, 0.1) is 0 Å². The van der Waals surface area contributed by atoms with Crippen LogP contribution in [-0.2, 0) is 13.1 Å². The molecule has 2 aromatic rings. The van der Waals surface area contributed by atoms with Gasteiger partial charge in [0, 0.05) is 19.3 Å². The summed E-state index contributed by atoms with van der Waals surface area (Å²) in [7, 11) is 0. The maximum Gasteiger partial charge on any atom is 0.137 e. The van der Waals surface area contributed by atoms with Crippen molar-refractivity contribution in [3.05, 3.63) is 58.9 Å². The largest absolute Gasteiger partial charge is 0.492 e. The zero-order valence-electron chi connectivity index (χ0n) is 11.6. The number of rotatable bonds is 7. The molecule has 2 rings (SSSR count). The smallest absolute Gasteiger partial charge is 0.137 e. The van der Waals surface area contributed by atoms with Gasteiger partial charge in [0.1, 0.15) is 5.75 Å². The number of benzene rings is 1. The van der Waals surface area contributed by atoms with Gasteiger partial charge in [-0.25, -0.2) is 0 Å². The Kier molecular flexibility index (Phi) is 5.84. The summed E-state index contributed by atoms with van der Waals surface area (Å²) >= 11 is 6.20. The molecule has 0 spiro atoms. The van der Waals surface area contributed by atoms with Crippen molar-refractivity contribution in [3.8, 4) is 5.75 Å². The van der Waals surface area contributed by atoms with E-state index in [0.29, 0.717) is 11.6 Å². The van der Waals surface area contributed by atoms with Crippen LogP contribution in [0.4, 0.5) is 0 Å². The second kappa shape index (κ2) is 7.88. The van der Waals surface area contributed by atoms with Gasteiger partial charge < -0.3 is 10.1 Å². The Labute approximate surface area is 124 Å². The van der Waals surface area contributed by atoms with Crippen LogP contribution in [0.3, 0.4) is 0 Å². The second-order valence-corrected chi connectivity index (χ2v) is 4.95. The molecule has 0 radical (unpaired) electrons. The molecule has 0 aliphatic carbocycles. The number of halogens is 1. The fourth-order valence-corrected chi connectivity index (χ4v) is 2.08. The van der Waals surface area contributed by atoms with E-state index in [4.69, 9.17) is 16.3 Å². The van der Waals surface area contributed by atoms with Crippen LogP contribution in [0.25, 0.3) is 0 Å². The molecular formula is C16H19ClN2O. The summed E-state index contributed by atoms with van der Waals surface area (Å²) in [4.78, 5) is 4.27. The first-order valence-corrected chi connectivity index (χ1v) is 7.19. The van der Waals surface area contributed by atoms with Gasteiger partial charge in [0.25, 0.3) is 0 Å². The van der Waals surface area contributed by atoms with Crippen LogP contribution in [-0.4, -0.2) is 11.6 Å². The third-order valence-electron chi connectivity index (χ3n) is 2.82. The summed E-state index contributed by atoms with van der Waals surface area (Å²) in [5, 5.41) is 4.01. The molecule has 1 heterocycles. The maximum atomic E-state index is 6.20. The summed E-state index contributed by atoms with van der Waals surface area (Å²) in [6.45, 7) is 4.26. The first-order chi connectivity index (χ1) is 9.79. The summed E-state index contributed by atoms with van der Waals surface area (Å²) in [6.07, 6.45) is 2.78. The molecule has 0 aliphatic rings. The predicted molar refractivity (Wildman–Crippen MR) is 82.0 cm³/mol. The standard InChI is InChI=1S/C16H19ClN2O/c1-2-9-20-16-7-6-13(10-15(16)17)11-18-12-14-5-3-4-8-19-14/h3-8,10,18H,2,9,11-12H2,1H3. The summed E-state index contributed by atoms with van der Waals surface area (Å²) in [5.41, 5.74) is 2.16. The highest BCUT2D eigenvalue weighted by molar-refractivity contribution is 6.32. The molecule has 4 heteroatoms. The highest BCUT2D eigenvalue weighted by Gasteiger charge is 2.03. The van der Waals surface area contributed by atoms with Crippen molar-refractivity contribution in [2.75, 3.05) is 6.61 Å². The number of pyridine rings is 1. The molecule has 20 heavy (non-hydrogen) atoms. The minimum Gasteiger partial charge on any atom is -0.492 e. The monoisotopic (exact) mass is 290 g/mol. The normalized spacial score (nSPS) is 10.5. The average Bonchev–Trinajstić information content (AvgIpc) is 2.47. The lowest BCUT2D eigenvalue weighted by Crippen LogP contribution is -2.13. The lowest BCUT2D eigenvalue weighted by atomic mass is 10.2. The molecule has 0 atom stereocenters. The van der Waals surface area contributed by atoms with Crippen molar-refractivity contribution in [1.82, 2.24) is 10.3 Å². The van der Waals surface area contributed by atoms with E-state index in [1.807, 2.05) is 36.4 Å². The van der Waals surface area contributed by atoms with Gasteiger partial charge >= 0.3 is 0 Å². The molecular weight excluding hydrogens is 272 g/mol. The van der Waals surface area contributed by atoms with Crippen LogP contribution in [0.2, 0.25) is 5.02 Å². The predicted octanol–water partition coefficient (Wildman–Crippen LogP) is 3.81. The van der Waals surface area contributed by atoms with Gasteiger partial charge in [0.05, 0.1) is 17.3 Å². The number of hydrogen-bond donors (Lipinski definition) is 1. The highest BCUT2D eigenvalue weighted by Crippen LogP contribution is 2.25. The van der Waals surface area contributed by atoms with E-state index < -0.39 is 0 Å². The number of hydrogen-bond acceptors (Lipinski definition) is 3. The van der Waals surface area contributed by atoms with Crippen LogP contribution in [0.1, 0.15) is 24.6 Å². The van der Waals surface area contributed by atoms with Crippen molar-refractivity contribution in [2.45, 2.75) is 26.4 Å².